The average Bonchev–Trinajstić information content (AvgIpc) is 3.39. The van der Waals surface area contributed by atoms with Gasteiger partial charge in [0.2, 0.25) is 18.0 Å². The van der Waals surface area contributed by atoms with Crippen molar-refractivity contribution in [2.24, 2.45) is 16.8 Å². The molecule has 0 bridgehead atoms. The third kappa shape index (κ3) is 9.28. The van der Waals surface area contributed by atoms with Crippen LogP contribution in [0.15, 0.2) is 59.6 Å². The number of hydrogen-bond acceptors (Lipinski definition) is 6. The molecular formula is C31H35F6N5O4. The van der Waals surface area contributed by atoms with Gasteiger partial charge in [-0.2, -0.15) is 26.3 Å². The Morgan fingerprint density at radius 1 is 0.935 bits per heavy atom. The van der Waals surface area contributed by atoms with E-state index in [2.05, 4.69) is 15.6 Å². The Kier molecular flexibility index (Phi) is 11.1. The van der Waals surface area contributed by atoms with E-state index in [9.17, 15) is 45.8 Å². The van der Waals surface area contributed by atoms with E-state index in [1.807, 2.05) is 0 Å². The highest BCUT2D eigenvalue weighted by Crippen LogP contribution is 2.34. The first-order chi connectivity index (χ1) is 21.6. The maximum Gasteiger partial charge on any atom is 0.389 e. The lowest BCUT2D eigenvalue weighted by molar-refractivity contribution is -0.153. The number of benzodiazepines with no additional fused rings is 1. The van der Waals surface area contributed by atoms with Crippen LogP contribution in [0.25, 0.3) is 0 Å². The number of fused-ring (bicyclic) bond motifs is 1. The summed E-state index contributed by atoms with van der Waals surface area (Å²) in [4.78, 5) is 48.0. The SMILES string of the molecule is CN1C(=O)[C@@H](NC(=O)[C@H](CCC(F)(F)F)[C@H](CCC(F)(F)F)C(=O)NCN2CCC(O)C2)N=C(c2ccccc2)c2ccccc21. The number of anilines is 1. The molecule has 1 fully saturated rings. The molecule has 2 aromatic rings. The lowest BCUT2D eigenvalue weighted by Gasteiger charge is -2.29. The van der Waals surface area contributed by atoms with Crippen LogP contribution in [0.5, 0.6) is 0 Å². The van der Waals surface area contributed by atoms with Crippen molar-refractivity contribution in [2.75, 3.05) is 31.7 Å². The van der Waals surface area contributed by atoms with Gasteiger partial charge in [0, 0.05) is 55.9 Å². The van der Waals surface area contributed by atoms with Crippen molar-refractivity contribution in [3.05, 3.63) is 65.7 Å². The minimum absolute atomic E-state index is 0.180. The first-order valence-corrected chi connectivity index (χ1v) is 14.7. The van der Waals surface area contributed by atoms with E-state index in [4.69, 9.17) is 0 Å². The molecule has 1 saturated heterocycles. The number of aliphatic imine (C=N–C) groups is 1. The fourth-order valence-electron chi connectivity index (χ4n) is 5.63. The molecule has 2 aliphatic rings. The Balaban J connectivity index is 1.67. The number of alkyl halides is 6. The fourth-order valence-corrected chi connectivity index (χ4v) is 5.63. The third-order valence-corrected chi connectivity index (χ3v) is 8.03. The van der Waals surface area contributed by atoms with Crippen molar-refractivity contribution in [1.29, 1.82) is 0 Å². The van der Waals surface area contributed by atoms with Gasteiger partial charge in [-0.3, -0.25) is 19.3 Å². The molecule has 0 radical (unpaired) electrons. The number of β-amino-alcohol motifs (C(OH)–C–C–N with tert-alkyl or cyclic N) is 1. The van der Waals surface area contributed by atoms with Gasteiger partial charge in [0.15, 0.2) is 0 Å². The summed E-state index contributed by atoms with van der Waals surface area (Å²) in [6, 6.07) is 15.4. The van der Waals surface area contributed by atoms with Gasteiger partial charge in [-0.15, -0.1) is 0 Å². The molecule has 15 heteroatoms. The van der Waals surface area contributed by atoms with Crippen LogP contribution in [0.1, 0.15) is 43.2 Å². The minimum atomic E-state index is -4.78. The van der Waals surface area contributed by atoms with Crippen LogP contribution in [0.2, 0.25) is 0 Å². The zero-order valence-electron chi connectivity index (χ0n) is 24.9. The van der Waals surface area contributed by atoms with E-state index in [0.29, 0.717) is 35.5 Å². The monoisotopic (exact) mass is 655 g/mol. The number of amides is 3. The molecular weight excluding hydrogens is 620 g/mol. The standard InChI is InChI=1S/C31H35F6N5O4/c1-41-24-10-6-5-9-23(24)25(19-7-3-2-4-8-19)39-26(29(41)46)40-28(45)22(12-15-31(35,36)37)21(11-14-30(32,33)34)27(44)38-18-42-16-13-20(43)17-42/h2-10,20-22,26,43H,11-18H2,1H3,(H,38,44)(H,40,45)/t20?,21-,22+,26+/m0/s1. The summed E-state index contributed by atoms with van der Waals surface area (Å²) in [6.07, 6.45) is -16.5. The van der Waals surface area contributed by atoms with Crippen LogP contribution in [-0.2, 0) is 14.4 Å². The van der Waals surface area contributed by atoms with Gasteiger partial charge >= 0.3 is 12.4 Å². The van der Waals surface area contributed by atoms with Crippen LogP contribution >= 0.6 is 0 Å². The van der Waals surface area contributed by atoms with Crippen molar-refractivity contribution in [3.63, 3.8) is 0 Å². The number of likely N-dealkylation sites (tertiary alicyclic amines) is 1. The molecule has 46 heavy (non-hydrogen) atoms. The van der Waals surface area contributed by atoms with Crippen LogP contribution < -0.4 is 15.5 Å². The van der Waals surface area contributed by atoms with E-state index in [-0.39, 0.29) is 13.2 Å². The molecule has 3 N–H and O–H groups in total. The summed E-state index contributed by atoms with van der Waals surface area (Å²) in [7, 11) is 1.43. The molecule has 250 valence electrons. The molecule has 2 aliphatic heterocycles. The number of carbonyl (C=O) groups excluding carboxylic acids is 3. The molecule has 1 unspecified atom stereocenters. The molecule has 3 amide bonds. The number of aliphatic hydroxyl groups excluding tert-OH is 1. The first-order valence-electron chi connectivity index (χ1n) is 14.7. The van der Waals surface area contributed by atoms with Gasteiger partial charge in [-0.1, -0.05) is 48.5 Å². The number of nitrogens with zero attached hydrogens (tertiary/aromatic N) is 3. The number of aliphatic hydroxyl groups is 1. The van der Waals surface area contributed by atoms with Crippen LogP contribution in [0.4, 0.5) is 32.0 Å². The highest BCUT2D eigenvalue weighted by molar-refractivity contribution is 6.20. The molecule has 4 rings (SSSR count). The zero-order chi connectivity index (χ0) is 33.6. The Bertz CT molecular complexity index is 1420. The van der Waals surface area contributed by atoms with Crippen molar-refractivity contribution in [2.45, 2.75) is 56.7 Å². The number of carbonyl (C=O) groups is 3. The number of rotatable bonds is 11. The number of para-hydroxylation sites is 1. The summed E-state index contributed by atoms with van der Waals surface area (Å²) in [6.45, 7) is 0.391. The lowest BCUT2D eigenvalue weighted by atomic mass is 9.83. The van der Waals surface area contributed by atoms with Crippen molar-refractivity contribution >= 4 is 29.1 Å². The van der Waals surface area contributed by atoms with Gasteiger partial charge < -0.3 is 20.6 Å². The van der Waals surface area contributed by atoms with E-state index in [1.54, 1.807) is 59.5 Å². The highest BCUT2D eigenvalue weighted by atomic mass is 19.4. The van der Waals surface area contributed by atoms with Gasteiger partial charge in [0.05, 0.1) is 24.2 Å². The summed E-state index contributed by atoms with van der Waals surface area (Å²) in [5.74, 6) is -6.70. The van der Waals surface area contributed by atoms with Crippen LogP contribution in [0, 0.1) is 11.8 Å². The molecule has 0 saturated carbocycles. The van der Waals surface area contributed by atoms with Crippen molar-refractivity contribution < 1.29 is 45.8 Å². The Labute approximate surface area is 261 Å². The number of nitrogens with one attached hydrogen (secondary N) is 2. The summed E-state index contributed by atoms with van der Waals surface area (Å²) in [5, 5.41) is 14.5. The number of halogens is 6. The lowest BCUT2D eigenvalue weighted by Crippen LogP contribution is -2.51. The second-order valence-corrected chi connectivity index (χ2v) is 11.4. The van der Waals surface area contributed by atoms with Crippen LogP contribution in [-0.4, -0.2) is 84.9 Å². The molecule has 4 atom stereocenters. The fraction of sp³-hybridized carbons (Fsp3) is 0.484. The highest BCUT2D eigenvalue weighted by Gasteiger charge is 2.42. The molecule has 9 nitrogen and oxygen atoms in total. The Hall–Kier alpha value is -3.98. The Morgan fingerprint density at radius 3 is 2.11 bits per heavy atom. The smallest absolute Gasteiger partial charge is 0.389 e. The molecule has 0 spiro atoms. The van der Waals surface area contributed by atoms with Crippen molar-refractivity contribution in [3.8, 4) is 0 Å². The number of hydrogen-bond donors (Lipinski definition) is 3. The second-order valence-electron chi connectivity index (χ2n) is 11.4. The van der Waals surface area contributed by atoms with Crippen molar-refractivity contribution in [1.82, 2.24) is 15.5 Å². The number of benzene rings is 2. The largest absolute Gasteiger partial charge is 0.392 e. The van der Waals surface area contributed by atoms with Gasteiger partial charge in [0.25, 0.3) is 5.91 Å². The van der Waals surface area contributed by atoms with Gasteiger partial charge in [-0.25, -0.2) is 4.99 Å². The Morgan fingerprint density at radius 2 is 1.52 bits per heavy atom. The minimum Gasteiger partial charge on any atom is -0.392 e. The molecule has 2 aromatic carbocycles. The van der Waals surface area contributed by atoms with Gasteiger partial charge in [-0.05, 0) is 25.3 Å². The topological polar surface area (TPSA) is 114 Å². The summed E-state index contributed by atoms with van der Waals surface area (Å²) >= 11 is 0. The second kappa shape index (κ2) is 14.6. The van der Waals surface area contributed by atoms with E-state index >= 15 is 0 Å². The van der Waals surface area contributed by atoms with Gasteiger partial charge in [0.1, 0.15) is 0 Å². The van der Waals surface area contributed by atoms with E-state index in [0.717, 1.165) is 0 Å². The third-order valence-electron chi connectivity index (χ3n) is 8.03. The summed E-state index contributed by atoms with van der Waals surface area (Å²) in [5.41, 5.74) is 1.84. The maximum atomic E-state index is 13.8. The quantitative estimate of drug-likeness (QED) is 0.317. The number of likely N-dealkylation sites (N-methyl/N-ethyl adjacent to an activating group) is 1. The summed E-state index contributed by atoms with van der Waals surface area (Å²) < 4.78 is 80.2. The predicted octanol–water partition coefficient (Wildman–Crippen LogP) is 4.00. The van der Waals surface area contributed by atoms with E-state index < -0.39 is 79.9 Å². The zero-order valence-corrected chi connectivity index (χ0v) is 24.9. The predicted molar refractivity (Wildman–Crippen MR) is 157 cm³/mol. The normalized spacial score (nSPS) is 20.4. The molecule has 0 aliphatic carbocycles. The molecule has 0 aromatic heterocycles. The van der Waals surface area contributed by atoms with E-state index in [1.165, 1.54) is 11.9 Å². The molecule has 2 heterocycles. The average molecular weight is 656 g/mol. The maximum absolute atomic E-state index is 13.8. The van der Waals surface area contributed by atoms with Crippen LogP contribution in [0.3, 0.4) is 0 Å². The first kappa shape index (κ1) is 34.9.